The molecule has 1 nitrogen and oxygen atoms in total. The molecular weight excluding hydrogens is 108 g/mol. The molecule has 7 heavy (non-hydrogen) atoms. The van der Waals surface area contributed by atoms with E-state index in [1.807, 2.05) is 18.9 Å². The summed E-state index contributed by atoms with van der Waals surface area (Å²) in [6.45, 7) is 2.07. The van der Waals surface area contributed by atoms with Gasteiger partial charge < -0.3 is 4.81 Å². The van der Waals surface area contributed by atoms with Gasteiger partial charge in [0.05, 0.1) is 0 Å². The van der Waals surface area contributed by atoms with Crippen molar-refractivity contribution < 1.29 is 0 Å². The molecule has 42 valence electrons. The Bertz CT molecular complexity index is 49.0. The van der Waals surface area contributed by atoms with Gasteiger partial charge in [-0.25, -0.2) is 0 Å². The summed E-state index contributed by atoms with van der Waals surface area (Å²) in [4.78, 5) is 1.99. The molecule has 0 bridgehead atoms. The maximum atomic E-state index is 5.73. The zero-order valence-electron chi connectivity index (χ0n) is 5.11. The topological polar surface area (TPSA) is 3.24 Å². The summed E-state index contributed by atoms with van der Waals surface area (Å²) in [5, 5.41) is 0. The van der Waals surface area contributed by atoms with Crippen molar-refractivity contribution in [1.29, 1.82) is 0 Å². The van der Waals surface area contributed by atoms with Gasteiger partial charge in [-0.2, -0.15) is 11.5 Å². The second-order valence-corrected chi connectivity index (χ2v) is 2.31. The van der Waals surface area contributed by atoms with E-state index in [9.17, 15) is 0 Å². The van der Waals surface area contributed by atoms with Crippen LogP contribution in [-0.2, 0) is 0 Å². The minimum atomic E-state index is 0.208. The monoisotopic (exact) mass is 119 g/mol. The molecule has 0 aliphatic carbocycles. The van der Waals surface area contributed by atoms with Crippen LogP contribution in [0.3, 0.4) is 0 Å². The first-order valence-corrected chi connectivity index (χ1v) is 2.92. The quantitative estimate of drug-likeness (QED) is 0.495. The second kappa shape index (κ2) is 3.33. The lowest BCUT2D eigenvalue weighted by Crippen LogP contribution is -2.25. The maximum Gasteiger partial charge on any atom is 0.330 e. The van der Waals surface area contributed by atoms with Crippen LogP contribution in [0.5, 0.6) is 0 Å². The predicted octanol–water partition coefficient (Wildman–Crippen LogP) is 1.29. The highest BCUT2D eigenvalue weighted by Crippen LogP contribution is 1.97. The predicted molar refractivity (Wildman–Crippen MR) is 35.8 cm³/mol. The van der Waals surface area contributed by atoms with Crippen LogP contribution in [0.2, 0.25) is 6.32 Å². The van der Waals surface area contributed by atoms with Crippen LogP contribution in [0.25, 0.3) is 0 Å². The molecule has 0 atom stereocenters. The van der Waals surface area contributed by atoms with E-state index in [-0.39, 0.29) is 6.26 Å². The highest BCUT2D eigenvalue weighted by Gasteiger charge is 2.07. The summed E-state index contributed by atoms with van der Waals surface area (Å²) in [7, 11) is 3.95. The molecule has 0 N–H and O–H groups in total. The lowest BCUT2D eigenvalue weighted by atomic mass is 9.87. The first-order chi connectivity index (χ1) is 3.18. The molecule has 0 aromatic heterocycles. The Hall–Kier alpha value is 0.315. The summed E-state index contributed by atoms with van der Waals surface area (Å²) in [6.07, 6.45) is 1.22. The van der Waals surface area contributed by atoms with E-state index in [1.54, 1.807) is 0 Å². The van der Waals surface area contributed by atoms with Gasteiger partial charge in [-0.1, -0.05) is 6.92 Å². The molecule has 0 saturated carbocycles. The summed E-state index contributed by atoms with van der Waals surface area (Å²) in [6, 6.07) is 0. The van der Waals surface area contributed by atoms with E-state index >= 15 is 0 Å². The minimum Gasteiger partial charge on any atom is -0.334 e. The van der Waals surface area contributed by atoms with Crippen molar-refractivity contribution in [3.8, 4) is 0 Å². The first-order valence-electron chi connectivity index (χ1n) is 2.49. The lowest BCUT2D eigenvalue weighted by Gasteiger charge is -2.09. The number of rotatable bonds is 2. The Morgan fingerprint density at radius 1 is 1.57 bits per heavy atom. The first kappa shape index (κ1) is 7.31. The Balaban J connectivity index is 3.14. The Morgan fingerprint density at radius 3 is 2.00 bits per heavy atom. The van der Waals surface area contributed by atoms with E-state index in [0.717, 1.165) is 6.32 Å². The third-order valence-corrected chi connectivity index (χ3v) is 1.60. The number of hydrogen-bond donors (Lipinski definition) is 0. The summed E-state index contributed by atoms with van der Waals surface area (Å²) < 4.78 is 0. The third-order valence-electron chi connectivity index (χ3n) is 0.897. The maximum absolute atomic E-state index is 5.73. The molecular formula is C4H11BClN. The molecule has 0 spiro atoms. The van der Waals surface area contributed by atoms with Crippen molar-refractivity contribution in [3.05, 3.63) is 0 Å². The number of nitrogens with zero attached hydrogens (tertiary/aromatic N) is 1. The summed E-state index contributed by atoms with van der Waals surface area (Å²) >= 11 is 5.73. The van der Waals surface area contributed by atoms with Gasteiger partial charge in [0.15, 0.2) is 0 Å². The highest BCUT2D eigenvalue weighted by atomic mass is 35.5. The summed E-state index contributed by atoms with van der Waals surface area (Å²) in [5.74, 6) is 0. The van der Waals surface area contributed by atoms with Crippen molar-refractivity contribution in [2.24, 2.45) is 0 Å². The van der Waals surface area contributed by atoms with Crippen LogP contribution in [0.4, 0.5) is 0 Å². The van der Waals surface area contributed by atoms with Crippen molar-refractivity contribution in [3.63, 3.8) is 0 Å². The molecule has 0 amide bonds. The molecule has 0 aromatic rings. The van der Waals surface area contributed by atoms with E-state index < -0.39 is 0 Å². The van der Waals surface area contributed by atoms with Crippen LogP contribution in [-0.4, -0.2) is 25.2 Å². The van der Waals surface area contributed by atoms with Gasteiger partial charge in [0.25, 0.3) is 0 Å². The van der Waals surface area contributed by atoms with E-state index in [1.165, 1.54) is 0 Å². The van der Waals surface area contributed by atoms with Crippen LogP contribution < -0.4 is 0 Å². The van der Waals surface area contributed by atoms with Crippen LogP contribution in [0, 0.1) is 0 Å². The van der Waals surface area contributed by atoms with Crippen molar-refractivity contribution in [2.75, 3.05) is 14.1 Å². The molecule has 0 rings (SSSR count). The SMILES string of the molecule is CCB(Cl)N(C)C. The molecule has 0 aromatic carbocycles. The normalized spacial score (nSPS) is 9.86. The van der Waals surface area contributed by atoms with E-state index in [2.05, 4.69) is 6.92 Å². The van der Waals surface area contributed by atoms with Crippen LogP contribution in [0.15, 0.2) is 0 Å². The Morgan fingerprint density at radius 2 is 2.00 bits per heavy atom. The lowest BCUT2D eigenvalue weighted by molar-refractivity contribution is 0.652. The largest absolute Gasteiger partial charge is 0.334 e. The van der Waals surface area contributed by atoms with Crippen molar-refractivity contribution >= 4 is 17.7 Å². The Labute approximate surface area is 50.7 Å². The fourth-order valence-electron chi connectivity index (χ4n) is 0.365. The van der Waals surface area contributed by atoms with Crippen LogP contribution in [0.1, 0.15) is 6.92 Å². The average molecular weight is 119 g/mol. The standard InChI is InChI=1S/C4H11BClN/c1-4-5(6)7(2)3/h4H2,1-3H3. The van der Waals surface area contributed by atoms with Gasteiger partial charge in [0, 0.05) is 0 Å². The zero-order valence-corrected chi connectivity index (χ0v) is 5.87. The van der Waals surface area contributed by atoms with E-state index in [0.29, 0.717) is 0 Å². The minimum absolute atomic E-state index is 0.208. The molecule has 0 radical (unpaired) electrons. The molecule has 0 aliphatic heterocycles. The van der Waals surface area contributed by atoms with Gasteiger partial charge in [-0.3, -0.25) is 0 Å². The molecule has 0 fully saturated rings. The molecule has 0 aliphatic rings. The second-order valence-electron chi connectivity index (χ2n) is 1.81. The summed E-state index contributed by atoms with van der Waals surface area (Å²) in [5.41, 5.74) is 0. The molecule has 0 saturated heterocycles. The van der Waals surface area contributed by atoms with Crippen molar-refractivity contribution in [2.45, 2.75) is 13.2 Å². The fourth-order valence-corrected chi connectivity index (χ4v) is 0.365. The van der Waals surface area contributed by atoms with E-state index in [4.69, 9.17) is 11.5 Å². The van der Waals surface area contributed by atoms with Gasteiger partial charge >= 0.3 is 6.26 Å². The van der Waals surface area contributed by atoms with Crippen LogP contribution >= 0.6 is 11.5 Å². The molecule has 0 unspecified atom stereocenters. The van der Waals surface area contributed by atoms with Crippen molar-refractivity contribution in [1.82, 2.24) is 4.81 Å². The van der Waals surface area contributed by atoms with Gasteiger partial charge in [0.1, 0.15) is 0 Å². The van der Waals surface area contributed by atoms with Gasteiger partial charge in [-0.05, 0) is 20.4 Å². The smallest absolute Gasteiger partial charge is 0.330 e. The fraction of sp³-hybridized carbons (Fsp3) is 1.00. The Kier molecular flexibility index (Phi) is 3.48. The highest BCUT2D eigenvalue weighted by molar-refractivity contribution is 7.05. The average Bonchev–Trinajstić information content (AvgIpc) is 1.65. The molecule has 0 heterocycles. The third kappa shape index (κ3) is 2.95. The van der Waals surface area contributed by atoms with Gasteiger partial charge in [-0.15, -0.1) is 0 Å². The number of halogens is 1. The number of hydrogen-bond acceptors (Lipinski definition) is 1. The molecule has 3 heteroatoms. The zero-order chi connectivity index (χ0) is 5.86. The van der Waals surface area contributed by atoms with Gasteiger partial charge in [0.2, 0.25) is 0 Å².